The Balaban J connectivity index is 1.64. The monoisotopic (exact) mass is 287 g/mol. The molecule has 0 atom stereocenters. The number of anilines is 1. The number of amides is 1. The molecule has 0 unspecified atom stereocenters. The van der Waals surface area contributed by atoms with Gasteiger partial charge in [-0.2, -0.15) is 0 Å². The zero-order chi connectivity index (χ0) is 14.7. The summed E-state index contributed by atoms with van der Waals surface area (Å²) in [7, 11) is 1.86. The van der Waals surface area contributed by atoms with Gasteiger partial charge in [0, 0.05) is 32.0 Å². The number of carbonyl (C=O) groups excluding carboxylic acids is 1. The van der Waals surface area contributed by atoms with Crippen molar-refractivity contribution in [2.75, 3.05) is 25.5 Å². The summed E-state index contributed by atoms with van der Waals surface area (Å²) >= 11 is 0. The minimum Gasteiger partial charge on any atom is -0.388 e. The molecule has 1 spiro atoms. The smallest absolute Gasteiger partial charge is 0.272 e. The van der Waals surface area contributed by atoms with E-state index >= 15 is 0 Å². The molecule has 1 aliphatic carbocycles. The predicted octanol–water partition coefficient (Wildman–Crippen LogP) is 3.31. The molecule has 2 aliphatic rings. The first-order chi connectivity index (χ1) is 10.2. The Morgan fingerprint density at radius 2 is 1.90 bits per heavy atom. The van der Waals surface area contributed by atoms with Crippen molar-refractivity contribution in [1.29, 1.82) is 0 Å². The third-order valence-electron chi connectivity index (χ3n) is 5.29. The number of nitrogens with zero attached hydrogens (tertiary/aromatic N) is 2. The number of nitrogens with one attached hydrogen (secondary N) is 1. The maximum Gasteiger partial charge on any atom is 0.272 e. The highest BCUT2D eigenvalue weighted by Gasteiger charge is 2.36. The second kappa shape index (κ2) is 6.04. The van der Waals surface area contributed by atoms with Gasteiger partial charge in [0.05, 0.1) is 0 Å². The van der Waals surface area contributed by atoms with Crippen LogP contribution in [0.2, 0.25) is 0 Å². The maximum absolute atomic E-state index is 12.6. The normalized spacial score (nSPS) is 21.3. The van der Waals surface area contributed by atoms with Crippen LogP contribution in [0.15, 0.2) is 18.3 Å². The molecule has 2 fully saturated rings. The molecule has 0 radical (unpaired) electrons. The van der Waals surface area contributed by atoms with E-state index in [9.17, 15) is 4.79 Å². The quantitative estimate of drug-likeness (QED) is 0.907. The molecule has 114 valence electrons. The van der Waals surface area contributed by atoms with Crippen LogP contribution in [-0.2, 0) is 0 Å². The molecule has 1 aromatic rings. The highest BCUT2D eigenvalue weighted by molar-refractivity contribution is 5.93. The van der Waals surface area contributed by atoms with Gasteiger partial charge in [-0.25, -0.2) is 0 Å². The fourth-order valence-electron chi connectivity index (χ4n) is 3.85. The van der Waals surface area contributed by atoms with Crippen molar-refractivity contribution in [3.05, 3.63) is 24.0 Å². The lowest BCUT2D eigenvalue weighted by atomic mass is 9.68. The fourth-order valence-corrected chi connectivity index (χ4v) is 3.85. The first-order valence-electron chi connectivity index (χ1n) is 8.16. The van der Waals surface area contributed by atoms with Crippen molar-refractivity contribution in [1.82, 2.24) is 9.88 Å². The van der Waals surface area contributed by atoms with E-state index in [0.717, 1.165) is 18.8 Å². The number of hydrogen-bond donors (Lipinski definition) is 1. The van der Waals surface area contributed by atoms with Crippen LogP contribution in [-0.4, -0.2) is 35.9 Å². The van der Waals surface area contributed by atoms with Gasteiger partial charge in [-0.05, 0) is 43.2 Å². The summed E-state index contributed by atoms with van der Waals surface area (Å²) in [5.41, 5.74) is 2.03. The van der Waals surface area contributed by atoms with Crippen molar-refractivity contribution in [2.45, 2.75) is 44.9 Å². The fraction of sp³-hybridized carbons (Fsp3) is 0.647. The molecular weight excluding hydrogens is 262 g/mol. The van der Waals surface area contributed by atoms with E-state index in [2.05, 4.69) is 10.3 Å². The lowest BCUT2D eigenvalue weighted by Gasteiger charge is -2.44. The minimum absolute atomic E-state index is 0.0813. The van der Waals surface area contributed by atoms with E-state index in [-0.39, 0.29) is 5.91 Å². The Labute approximate surface area is 126 Å². The van der Waals surface area contributed by atoms with Crippen molar-refractivity contribution < 1.29 is 4.79 Å². The Kier molecular flexibility index (Phi) is 4.13. The first kappa shape index (κ1) is 14.4. The van der Waals surface area contributed by atoms with Gasteiger partial charge in [0.1, 0.15) is 5.69 Å². The summed E-state index contributed by atoms with van der Waals surface area (Å²) < 4.78 is 0. The van der Waals surface area contributed by atoms with Gasteiger partial charge in [0.2, 0.25) is 0 Å². The molecule has 4 nitrogen and oxygen atoms in total. The molecule has 0 aromatic carbocycles. The first-order valence-corrected chi connectivity index (χ1v) is 8.16. The molecule has 1 saturated heterocycles. The van der Waals surface area contributed by atoms with Crippen LogP contribution in [0.4, 0.5) is 5.69 Å². The number of carbonyl (C=O) groups is 1. The average molecular weight is 287 g/mol. The molecular formula is C17H25N3O. The van der Waals surface area contributed by atoms with Crippen molar-refractivity contribution in [2.24, 2.45) is 5.41 Å². The zero-order valence-corrected chi connectivity index (χ0v) is 12.9. The van der Waals surface area contributed by atoms with E-state index in [1.54, 1.807) is 6.20 Å². The minimum atomic E-state index is 0.0813. The SMILES string of the molecule is CNc1ccnc(C(=O)N2CCC3(CCCCC3)CC2)c1. The van der Waals surface area contributed by atoms with Gasteiger partial charge in [-0.15, -0.1) is 0 Å². The maximum atomic E-state index is 12.6. The van der Waals surface area contributed by atoms with Crippen LogP contribution in [0, 0.1) is 5.41 Å². The number of aromatic nitrogens is 1. The summed E-state index contributed by atoms with van der Waals surface area (Å²) in [5.74, 6) is 0.0813. The molecule has 0 bridgehead atoms. The van der Waals surface area contributed by atoms with E-state index < -0.39 is 0 Å². The van der Waals surface area contributed by atoms with E-state index in [1.807, 2.05) is 24.1 Å². The molecule has 2 heterocycles. The Bertz CT molecular complexity index is 499. The van der Waals surface area contributed by atoms with Crippen molar-refractivity contribution in [3.63, 3.8) is 0 Å². The van der Waals surface area contributed by atoms with E-state index in [0.29, 0.717) is 11.1 Å². The Hall–Kier alpha value is -1.58. The zero-order valence-electron chi connectivity index (χ0n) is 12.9. The molecule has 3 rings (SSSR count). The van der Waals surface area contributed by atoms with Crippen molar-refractivity contribution in [3.8, 4) is 0 Å². The Morgan fingerprint density at radius 3 is 2.57 bits per heavy atom. The number of piperidine rings is 1. The van der Waals surface area contributed by atoms with Crippen LogP contribution in [0.3, 0.4) is 0 Å². The summed E-state index contributed by atoms with van der Waals surface area (Å²) in [6, 6.07) is 3.72. The molecule has 1 aromatic heterocycles. The topological polar surface area (TPSA) is 45.2 Å². The summed E-state index contributed by atoms with van der Waals surface area (Å²) in [5, 5.41) is 3.06. The molecule has 1 aliphatic heterocycles. The van der Waals surface area contributed by atoms with Crippen LogP contribution in [0.5, 0.6) is 0 Å². The van der Waals surface area contributed by atoms with Gasteiger partial charge in [0.15, 0.2) is 0 Å². The van der Waals surface area contributed by atoms with Crippen LogP contribution >= 0.6 is 0 Å². The van der Waals surface area contributed by atoms with Gasteiger partial charge >= 0.3 is 0 Å². The lowest BCUT2D eigenvalue weighted by molar-refractivity contribution is 0.0467. The highest BCUT2D eigenvalue weighted by atomic mass is 16.2. The average Bonchev–Trinajstić information content (AvgIpc) is 2.56. The van der Waals surface area contributed by atoms with Gasteiger partial charge in [-0.3, -0.25) is 9.78 Å². The lowest BCUT2D eigenvalue weighted by Crippen LogP contribution is -2.44. The summed E-state index contributed by atoms with van der Waals surface area (Å²) in [4.78, 5) is 18.8. The second-order valence-electron chi connectivity index (χ2n) is 6.53. The number of likely N-dealkylation sites (tertiary alicyclic amines) is 1. The standard InChI is InChI=1S/C17H25N3O/c1-18-14-5-10-19-15(13-14)16(21)20-11-8-17(9-12-20)6-3-2-4-7-17/h5,10,13H,2-4,6-9,11-12H2,1H3,(H,18,19). The van der Waals surface area contributed by atoms with E-state index in [1.165, 1.54) is 44.9 Å². The molecule has 21 heavy (non-hydrogen) atoms. The van der Waals surface area contributed by atoms with Crippen LogP contribution in [0.25, 0.3) is 0 Å². The van der Waals surface area contributed by atoms with Gasteiger partial charge < -0.3 is 10.2 Å². The second-order valence-corrected chi connectivity index (χ2v) is 6.53. The number of pyridine rings is 1. The number of rotatable bonds is 2. The molecule has 1 saturated carbocycles. The number of hydrogen-bond acceptors (Lipinski definition) is 3. The molecule has 4 heteroatoms. The largest absolute Gasteiger partial charge is 0.388 e. The van der Waals surface area contributed by atoms with Gasteiger partial charge in [-0.1, -0.05) is 19.3 Å². The van der Waals surface area contributed by atoms with Crippen LogP contribution < -0.4 is 5.32 Å². The molecule has 1 amide bonds. The third kappa shape index (κ3) is 3.04. The Morgan fingerprint density at radius 1 is 1.19 bits per heavy atom. The summed E-state index contributed by atoms with van der Waals surface area (Å²) in [6.07, 6.45) is 10.9. The molecule has 1 N–H and O–H groups in total. The van der Waals surface area contributed by atoms with Gasteiger partial charge in [0.25, 0.3) is 5.91 Å². The summed E-state index contributed by atoms with van der Waals surface area (Å²) in [6.45, 7) is 1.79. The van der Waals surface area contributed by atoms with E-state index in [4.69, 9.17) is 0 Å². The third-order valence-corrected chi connectivity index (χ3v) is 5.29. The van der Waals surface area contributed by atoms with Crippen LogP contribution in [0.1, 0.15) is 55.4 Å². The highest BCUT2D eigenvalue weighted by Crippen LogP contribution is 2.44. The predicted molar refractivity (Wildman–Crippen MR) is 84.4 cm³/mol. The van der Waals surface area contributed by atoms with Crippen molar-refractivity contribution >= 4 is 11.6 Å².